The summed E-state index contributed by atoms with van der Waals surface area (Å²) >= 11 is 1.32. The molecule has 0 radical (unpaired) electrons. The second-order valence-corrected chi connectivity index (χ2v) is 6.70. The molecule has 2 aromatic rings. The molecular weight excluding hydrogens is 334 g/mol. The van der Waals surface area contributed by atoms with Gasteiger partial charge in [0.1, 0.15) is 5.76 Å². The summed E-state index contributed by atoms with van der Waals surface area (Å²) in [7, 11) is 0. The zero-order valence-corrected chi connectivity index (χ0v) is 15.4. The summed E-state index contributed by atoms with van der Waals surface area (Å²) in [5.41, 5.74) is 1.96. The highest BCUT2D eigenvalue weighted by molar-refractivity contribution is 8.18. The Balaban J connectivity index is 1.77. The van der Waals surface area contributed by atoms with Crippen molar-refractivity contribution < 1.29 is 9.21 Å². The van der Waals surface area contributed by atoms with Crippen LogP contribution in [0, 0.1) is 6.92 Å². The van der Waals surface area contributed by atoms with E-state index in [2.05, 4.69) is 29.1 Å². The minimum absolute atomic E-state index is 0.155. The molecule has 2 heterocycles. The lowest BCUT2D eigenvalue weighted by molar-refractivity contribution is -0.115. The summed E-state index contributed by atoms with van der Waals surface area (Å²) in [6.45, 7) is 7.93. The number of benzene rings is 1. The molecule has 1 amide bonds. The monoisotopic (exact) mass is 355 g/mol. The van der Waals surface area contributed by atoms with E-state index in [0.717, 1.165) is 30.2 Å². The van der Waals surface area contributed by atoms with Crippen molar-refractivity contribution in [3.63, 3.8) is 0 Å². The maximum Gasteiger partial charge on any atom is 0.264 e. The molecule has 1 aliphatic heterocycles. The number of nitrogens with one attached hydrogen (secondary N) is 1. The van der Waals surface area contributed by atoms with E-state index in [1.807, 2.05) is 43.3 Å². The maximum atomic E-state index is 12.2. The highest BCUT2D eigenvalue weighted by atomic mass is 32.2. The molecule has 0 unspecified atom stereocenters. The average Bonchev–Trinajstić information content (AvgIpc) is 3.16. The van der Waals surface area contributed by atoms with Crippen molar-refractivity contribution in [3.05, 3.63) is 52.6 Å². The Bertz CT molecular complexity index is 835. The molecule has 130 valence electrons. The molecule has 5 nitrogen and oxygen atoms in total. The zero-order valence-electron chi connectivity index (χ0n) is 14.6. The lowest BCUT2D eigenvalue weighted by Gasteiger charge is -2.16. The van der Waals surface area contributed by atoms with Gasteiger partial charge in [0, 0.05) is 25.2 Å². The number of furan rings is 1. The van der Waals surface area contributed by atoms with Gasteiger partial charge in [-0.15, -0.1) is 0 Å². The first kappa shape index (κ1) is 17.4. The van der Waals surface area contributed by atoms with E-state index in [4.69, 9.17) is 4.42 Å². The number of nitrogens with zero attached hydrogens (tertiary/aromatic N) is 2. The van der Waals surface area contributed by atoms with Gasteiger partial charge in [-0.3, -0.25) is 4.79 Å². The van der Waals surface area contributed by atoms with Gasteiger partial charge in [-0.25, -0.2) is 4.99 Å². The maximum absolute atomic E-state index is 12.2. The smallest absolute Gasteiger partial charge is 0.264 e. The van der Waals surface area contributed by atoms with Crippen LogP contribution in [0.15, 0.2) is 50.7 Å². The van der Waals surface area contributed by atoms with Crippen molar-refractivity contribution >= 4 is 40.5 Å². The first-order chi connectivity index (χ1) is 12.1. The predicted octanol–water partition coefficient (Wildman–Crippen LogP) is 4.33. The van der Waals surface area contributed by atoms with Gasteiger partial charge in [0.05, 0.1) is 10.6 Å². The number of aryl methyl sites for hydroxylation is 1. The number of amidine groups is 1. The molecule has 0 atom stereocenters. The van der Waals surface area contributed by atoms with Gasteiger partial charge in [0.25, 0.3) is 5.91 Å². The second-order valence-electron chi connectivity index (χ2n) is 5.67. The van der Waals surface area contributed by atoms with Crippen LogP contribution in [0.4, 0.5) is 11.6 Å². The number of carbonyl (C=O) groups excluding carboxylic acids is 1. The SMILES string of the molecule is CCN(CC)c1ccc(/C=C2\SC(=Nc3cccc(C)c3)NC2=O)o1. The molecule has 3 rings (SSSR count). The highest BCUT2D eigenvalue weighted by Crippen LogP contribution is 2.29. The molecule has 0 bridgehead atoms. The fraction of sp³-hybridized carbons (Fsp3) is 0.263. The van der Waals surface area contributed by atoms with Crippen LogP contribution in [0.2, 0.25) is 0 Å². The van der Waals surface area contributed by atoms with Gasteiger partial charge >= 0.3 is 0 Å². The predicted molar refractivity (Wildman–Crippen MR) is 104 cm³/mol. The van der Waals surface area contributed by atoms with Crippen molar-refractivity contribution in [1.29, 1.82) is 0 Å². The minimum Gasteiger partial charge on any atom is -0.441 e. The third kappa shape index (κ3) is 4.14. The van der Waals surface area contributed by atoms with Gasteiger partial charge < -0.3 is 14.6 Å². The molecule has 0 spiro atoms. The quantitative estimate of drug-likeness (QED) is 0.811. The van der Waals surface area contributed by atoms with E-state index >= 15 is 0 Å². The first-order valence-corrected chi connectivity index (χ1v) is 9.11. The van der Waals surface area contributed by atoms with Crippen LogP contribution in [0.1, 0.15) is 25.2 Å². The molecule has 1 aromatic heterocycles. The zero-order chi connectivity index (χ0) is 17.8. The van der Waals surface area contributed by atoms with Gasteiger partial charge in [0.2, 0.25) is 0 Å². The second kappa shape index (κ2) is 7.61. The van der Waals surface area contributed by atoms with Crippen LogP contribution < -0.4 is 10.2 Å². The van der Waals surface area contributed by atoms with Crippen molar-refractivity contribution in [2.24, 2.45) is 4.99 Å². The van der Waals surface area contributed by atoms with Crippen molar-refractivity contribution in [3.8, 4) is 0 Å². The summed E-state index contributed by atoms with van der Waals surface area (Å²) < 4.78 is 5.82. The van der Waals surface area contributed by atoms with E-state index in [9.17, 15) is 4.79 Å². The topological polar surface area (TPSA) is 57.8 Å². The molecule has 0 aliphatic carbocycles. The van der Waals surface area contributed by atoms with E-state index < -0.39 is 0 Å². The molecule has 25 heavy (non-hydrogen) atoms. The number of rotatable bonds is 5. The van der Waals surface area contributed by atoms with Crippen molar-refractivity contribution in [2.45, 2.75) is 20.8 Å². The number of anilines is 1. The Kier molecular flexibility index (Phi) is 5.28. The number of amides is 1. The standard InChI is InChI=1S/C19H21N3O2S/c1-4-22(5-2)17-10-9-15(24-17)12-16-18(23)21-19(25-16)20-14-8-6-7-13(3)11-14/h6-12H,4-5H2,1-3H3,(H,20,21,23)/b16-12-. The normalized spacial score (nSPS) is 17.3. The summed E-state index contributed by atoms with van der Waals surface area (Å²) in [6, 6.07) is 11.7. The number of hydrogen-bond acceptors (Lipinski definition) is 5. The Hall–Kier alpha value is -2.47. The van der Waals surface area contributed by atoms with Crippen LogP contribution in [-0.2, 0) is 4.79 Å². The van der Waals surface area contributed by atoms with E-state index in [1.165, 1.54) is 11.8 Å². The molecule has 1 saturated heterocycles. The summed E-state index contributed by atoms with van der Waals surface area (Å²) in [4.78, 5) is 19.4. The number of carbonyl (C=O) groups is 1. The average molecular weight is 355 g/mol. The lowest BCUT2D eigenvalue weighted by Crippen LogP contribution is -2.20. The fourth-order valence-electron chi connectivity index (χ4n) is 2.55. The third-order valence-corrected chi connectivity index (χ3v) is 4.75. The molecule has 6 heteroatoms. The van der Waals surface area contributed by atoms with E-state index in [0.29, 0.717) is 15.8 Å². The van der Waals surface area contributed by atoms with E-state index in [-0.39, 0.29) is 5.91 Å². The van der Waals surface area contributed by atoms with Gasteiger partial charge in [-0.2, -0.15) is 0 Å². The number of thioether (sulfide) groups is 1. The summed E-state index contributed by atoms with van der Waals surface area (Å²) in [6.07, 6.45) is 1.76. The summed E-state index contributed by atoms with van der Waals surface area (Å²) in [5, 5.41) is 3.38. The molecule has 0 saturated carbocycles. The molecular formula is C19H21N3O2S. The van der Waals surface area contributed by atoms with Gasteiger partial charge in [0.15, 0.2) is 11.1 Å². The Morgan fingerprint density at radius 1 is 1.24 bits per heavy atom. The highest BCUT2D eigenvalue weighted by Gasteiger charge is 2.24. The minimum atomic E-state index is -0.155. The lowest BCUT2D eigenvalue weighted by atomic mass is 10.2. The van der Waals surface area contributed by atoms with E-state index in [1.54, 1.807) is 6.08 Å². The third-order valence-electron chi connectivity index (χ3n) is 3.84. The van der Waals surface area contributed by atoms with Crippen LogP contribution in [0.3, 0.4) is 0 Å². The molecule has 1 aliphatic rings. The van der Waals surface area contributed by atoms with Gasteiger partial charge in [-0.05, 0) is 56.3 Å². The number of hydrogen-bond donors (Lipinski definition) is 1. The van der Waals surface area contributed by atoms with Crippen LogP contribution in [-0.4, -0.2) is 24.2 Å². The molecule has 1 fully saturated rings. The largest absolute Gasteiger partial charge is 0.441 e. The van der Waals surface area contributed by atoms with Crippen molar-refractivity contribution in [2.75, 3.05) is 18.0 Å². The van der Waals surface area contributed by atoms with Crippen LogP contribution in [0.5, 0.6) is 0 Å². The fourth-order valence-corrected chi connectivity index (χ4v) is 3.37. The van der Waals surface area contributed by atoms with Gasteiger partial charge in [-0.1, -0.05) is 12.1 Å². The first-order valence-electron chi connectivity index (χ1n) is 8.30. The Morgan fingerprint density at radius 3 is 2.76 bits per heavy atom. The molecule has 1 aromatic carbocycles. The Morgan fingerprint density at radius 2 is 2.04 bits per heavy atom. The molecule has 1 N–H and O–H groups in total. The Labute approximate surface area is 151 Å². The summed E-state index contributed by atoms with van der Waals surface area (Å²) in [5.74, 6) is 1.32. The van der Waals surface area contributed by atoms with Crippen LogP contribution >= 0.6 is 11.8 Å². The van der Waals surface area contributed by atoms with Crippen LogP contribution in [0.25, 0.3) is 6.08 Å². The number of aliphatic imine (C=N–C) groups is 1. The van der Waals surface area contributed by atoms with Crippen molar-refractivity contribution in [1.82, 2.24) is 5.32 Å².